The second-order valence-corrected chi connectivity index (χ2v) is 5.05. The summed E-state index contributed by atoms with van der Waals surface area (Å²) in [5, 5.41) is 25.7. The van der Waals surface area contributed by atoms with Crippen molar-refractivity contribution in [3.63, 3.8) is 0 Å². The number of amides is 1. The first-order valence-corrected chi connectivity index (χ1v) is 6.86. The number of carbonyl (C=O) groups is 1. The van der Waals surface area contributed by atoms with E-state index < -0.39 is 16.4 Å². The first-order chi connectivity index (χ1) is 10.1. The zero-order chi connectivity index (χ0) is 15.2. The highest BCUT2D eigenvalue weighted by Crippen LogP contribution is 2.24. The summed E-state index contributed by atoms with van der Waals surface area (Å²) in [5.41, 5.74) is 2.34. The molecule has 1 aromatic rings. The minimum absolute atomic E-state index is 0.00532. The number of rotatable bonds is 4. The monoisotopic (exact) mass is 290 g/mol. The van der Waals surface area contributed by atoms with Crippen LogP contribution >= 0.6 is 0 Å². The van der Waals surface area contributed by atoms with Crippen LogP contribution in [0, 0.1) is 16.0 Å². The van der Waals surface area contributed by atoms with Crippen molar-refractivity contribution in [2.24, 2.45) is 11.0 Å². The molecule has 0 aliphatic heterocycles. The van der Waals surface area contributed by atoms with Gasteiger partial charge in [0.2, 0.25) is 5.91 Å². The summed E-state index contributed by atoms with van der Waals surface area (Å²) < 4.78 is 0. The maximum absolute atomic E-state index is 11.8. The van der Waals surface area contributed by atoms with E-state index in [1.54, 1.807) is 0 Å². The van der Waals surface area contributed by atoms with E-state index in [9.17, 15) is 20.0 Å². The van der Waals surface area contributed by atoms with Gasteiger partial charge >= 0.3 is 0 Å². The summed E-state index contributed by atoms with van der Waals surface area (Å²) in [7, 11) is 0. The molecular weight excluding hydrogens is 274 g/mol. The third-order valence-electron chi connectivity index (χ3n) is 3.54. The Hall–Kier alpha value is -2.44. The molecule has 0 aromatic heterocycles. The van der Waals surface area contributed by atoms with E-state index in [1.807, 2.05) is 0 Å². The predicted molar refractivity (Wildman–Crippen MR) is 74.9 cm³/mol. The van der Waals surface area contributed by atoms with Gasteiger partial charge < -0.3 is 5.11 Å². The zero-order valence-electron chi connectivity index (χ0n) is 11.4. The van der Waals surface area contributed by atoms with Crippen LogP contribution in [0.2, 0.25) is 0 Å². The molecule has 1 N–H and O–H groups in total. The fraction of sp³-hybridized carbons (Fsp3) is 0.429. The van der Waals surface area contributed by atoms with Crippen LogP contribution in [0.3, 0.4) is 0 Å². The molecular formula is C14H16N3O4-. The van der Waals surface area contributed by atoms with E-state index in [2.05, 4.69) is 10.5 Å². The van der Waals surface area contributed by atoms with Gasteiger partial charge in [-0.05, 0) is 18.6 Å². The fourth-order valence-corrected chi connectivity index (χ4v) is 2.38. The van der Waals surface area contributed by atoms with Crippen molar-refractivity contribution >= 4 is 17.8 Å². The van der Waals surface area contributed by atoms with Crippen LogP contribution in [-0.4, -0.2) is 17.0 Å². The first kappa shape index (κ1) is 15.0. The topological polar surface area (TPSA) is 108 Å². The van der Waals surface area contributed by atoms with Gasteiger partial charge in [0.15, 0.2) is 0 Å². The Morgan fingerprint density at radius 1 is 1.33 bits per heavy atom. The number of carbonyl (C=O) groups excluding carboxylic acids is 1. The quantitative estimate of drug-likeness (QED) is 0.517. The van der Waals surface area contributed by atoms with Gasteiger partial charge in [-0.15, -0.1) is 0 Å². The summed E-state index contributed by atoms with van der Waals surface area (Å²) >= 11 is 0. The summed E-state index contributed by atoms with van der Waals surface area (Å²) in [6.07, 6.45) is 6.32. The Bertz CT molecular complexity index is 565. The Balaban J connectivity index is 1.96. The SMILES string of the molecule is O=C(N/N=C\c1ccc([O-])c([N+](=O)[O-])c1)C1CCCCC1. The predicted octanol–water partition coefficient (Wildman–Crippen LogP) is 1.70. The van der Waals surface area contributed by atoms with Gasteiger partial charge in [0, 0.05) is 17.5 Å². The van der Waals surface area contributed by atoms with Gasteiger partial charge in [-0.25, -0.2) is 5.43 Å². The molecule has 1 fully saturated rings. The number of nitro benzene ring substituents is 1. The van der Waals surface area contributed by atoms with Gasteiger partial charge in [-0.2, -0.15) is 5.10 Å². The molecule has 0 heterocycles. The molecule has 0 atom stereocenters. The largest absolute Gasteiger partial charge is 0.868 e. The molecule has 2 rings (SSSR count). The van der Waals surface area contributed by atoms with Crippen molar-refractivity contribution in [3.05, 3.63) is 33.9 Å². The molecule has 112 valence electrons. The molecule has 7 nitrogen and oxygen atoms in total. The molecule has 1 aliphatic carbocycles. The highest BCUT2D eigenvalue weighted by molar-refractivity contribution is 5.84. The smallest absolute Gasteiger partial charge is 0.262 e. The lowest BCUT2D eigenvalue weighted by Gasteiger charge is -2.19. The average molecular weight is 290 g/mol. The Morgan fingerprint density at radius 3 is 2.71 bits per heavy atom. The number of benzene rings is 1. The molecule has 1 amide bonds. The summed E-state index contributed by atoms with van der Waals surface area (Å²) in [6, 6.07) is 3.67. The maximum Gasteiger partial charge on any atom is 0.262 e. The van der Waals surface area contributed by atoms with E-state index in [-0.39, 0.29) is 11.8 Å². The Labute approximate surface area is 121 Å². The van der Waals surface area contributed by atoms with Gasteiger partial charge in [-0.3, -0.25) is 14.9 Å². The van der Waals surface area contributed by atoms with Gasteiger partial charge in [0.05, 0.1) is 11.1 Å². The van der Waals surface area contributed by atoms with Crippen molar-refractivity contribution in [1.82, 2.24) is 5.43 Å². The second-order valence-electron chi connectivity index (χ2n) is 5.05. The lowest BCUT2D eigenvalue weighted by atomic mass is 9.89. The zero-order valence-corrected chi connectivity index (χ0v) is 11.4. The van der Waals surface area contributed by atoms with Crippen LogP contribution in [0.25, 0.3) is 0 Å². The van der Waals surface area contributed by atoms with Crippen molar-refractivity contribution < 1.29 is 14.8 Å². The van der Waals surface area contributed by atoms with Crippen LogP contribution in [-0.2, 0) is 4.79 Å². The number of hydrogen-bond acceptors (Lipinski definition) is 5. The Morgan fingerprint density at radius 2 is 2.05 bits per heavy atom. The molecule has 1 aromatic carbocycles. The van der Waals surface area contributed by atoms with Crippen LogP contribution in [0.15, 0.2) is 23.3 Å². The molecule has 0 unspecified atom stereocenters. The molecule has 0 bridgehead atoms. The van der Waals surface area contributed by atoms with Crippen molar-refractivity contribution in [2.45, 2.75) is 32.1 Å². The standard InChI is InChI=1S/C14H17N3O4/c18-13-7-6-10(8-12(13)17(20)21)9-15-16-14(19)11-4-2-1-3-5-11/h6-9,11,18H,1-5H2,(H,16,19)/p-1/b15-9-. The highest BCUT2D eigenvalue weighted by atomic mass is 16.6. The first-order valence-electron chi connectivity index (χ1n) is 6.86. The van der Waals surface area contributed by atoms with Crippen molar-refractivity contribution in [3.8, 4) is 5.75 Å². The molecule has 21 heavy (non-hydrogen) atoms. The van der Waals surface area contributed by atoms with Gasteiger partial charge in [-0.1, -0.05) is 31.4 Å². The van der Waals surface area contributed by atoms with E-state index in [4.69, 9.17) is 0 Å². The average Bonchev–Trinajstić information content (AvgIpc) is 2.49. The van der Waals surface area contributed by atoms with E-state index >= 15 is 0 Å². The van der Waals surface area contributed by atoms with Gasteiger partial charge in [0.25, 0.3) is 5.69 Å². The minimum Gasteiger partial charge on any atom is -0.868 e. The molecule has 0 saturated heterocycles. The lowest BCUT2D eigenvalue weighted by molar-refractivity contribution is -0.398. The second kappa shape index (κ2) is 6.83. The number of hydrazone groups is 1. The van der Waals surface area contributed by atoms with Crippen LogP contribution in [0.1, 0.15) is 37.7 Å². The molecule has 7 heteroatoms. The number of nitrogens with one attached hydrogen (secondary N) is 1. The molecule has 1 aliphatic rings. The normalized spacial score (nSPS) is 16.0. The molecule has 1 saturated carbocycles. The Kier molecular flexibility index (Phi) is 4.86. The summed E-state index contributed by atoms with van der Waals surface area (Å²) in [4.78, 5) is 21.8. The fourth-order valence-electron chi connectivity index (χ4n) is 2.38. The van der Waals surface area contributed by atoms with Crippen LogP contribution in [0.5, 0.6) is 5.75 Å². The van der Waals surface area contributed by atoms with Crippen LogP contribution < -0.4 is 10.5 Å². The number of nitro groups is 1. The minimum atomic E-state index is -0.736. The van der Waals surface area contributed by atoms with Crippen molar-refractivity contribution in [2.75, 3.05) is 0 Å². The summed E-state index contributed by atoms with van der Waals surface area (Å²) in [5.74, 6) is -0.779. The van der Waals surface area contributed by atoms with E-state index in [0.717, 1.165) is 44.2 Å². The highest BCUT2D eigenvalue weighted by Gasteiger charge is 2.20. The van der Waals surface area contributed by atoms with E-state index in [0.29, 0.717) is 5.56 Å². The summed E-state index contributed by atoms with van der Waals surface area (Å²) in [6.45, 7) is 0. The third kappa shape index (κ3) is 4.01. The number of nitrogens with zero attached hydrogens (tertiary/aromatic N) is 2. The van der Waals surface area contributed by atoms with Gasteiger partial charge in [0.1, 0.15) is 0 Å². The third-order valence-corrected chi connectivity index (χ3v) is 3.54. The maximum atomic E-state index is 11.8. The lowest BCUT2D eigenvalue weighted by Crippen LogP contribution is -2.28. The van der Waals surface area contributed by atoms with E-state index in [1.165, 1.54) is 12.3 Å². The molecule has 0 spiro atoms. The number of hydrogen-bond donors (Lipinski definition) is 1. The van der Waals surface area contributed by atoms with Crippen molar-refractivity contribution in [1.29, 1.82) is 0 Å². The molecule has 0 radical (unpaired) electrons. The van der Waals surface area contributed by atoms with Crippen LogP contribution in [0.4, 0.5) is 5.69 Å².